The third-order valence-electron chi connectivity index (χ3n) is 3.27. The number of nitrogens with zero attached hydrogens (tertiary/aromatic N) is 3. The Labute approximate surface area is 132 Å². The fourth-order valence-corrected chi connectivity index (χ4v) is 2.54. The van der Waals surface area contributed by atoms with Gasteiger partial charge in [-0.25, -0.2) is 9.37 Å². The van der Waals surface area contributed by atoms with Crippen LogP contribution in [0, 0.1) is 5.82 Å². The maximum Gasteiger partial charge on any atom is 0.258 e. The van der Waals surface area contributed by atoms with Crippen molar-refractivity contribution in [2.45, 2.75) is 0 Å². The molecule has 2 aromatic carbocycles. The van der Waals surface area contributed by atoms with Crippen molar-refractivity contribution in [2.24, 2.45) is 0 Å². The van der Waals surface area contributed by atoms with E-state index in [-0.39, 0.29) is 5.82 Å². The van der Waals surface area contributed by atoms with Gasteiger partial charge in [-0.15, -0.1) is 0 Å². The normalized spacial score (nSPS) is 11.2. The number of rotatable bonds is 2. The molecule has 0 saturated heterocycles. The summed E-state index contributed by atoms with van der Waals surface area (Å²) in [5, 5.41) is 3.98. The van der Waals surface area contributed by atoms with Gasteiger partial charge in [0.1, 0.15) is 5.82 Å². The molecule has 7 heteroatoms. The van der Waals surface area contributed by atoms with E-state index in [4.69, 9.17) is 4.52 Å². The lowest BCUT2D eigenvalue weighted by atomic mass is 10.2. The van der Waals surface area contributed by atoms with Crippen molar-refractivity contribution in [3.63, 3.8) is 0 Å². The standard InChI is InChI=1S/C15H8BrFN4O/c16-10-5-9(1-3-11(10)17)15-20-14(21-22-15)8-2-4-12-13(6-8)19-7-18-12/h1-7H,(H,18,19). The monoisotopic (exact) mass is 358 g/mol. The van der Waals surface area contributed by atoms with Crippen molar-refractivity contribution in [3.8, 4) is 22.8 Å². The Morgan fingerprint density at radius 2 is 1.95 bits per heavy atom. The number of hydrogen-bond donors (Lipinski definition) is 1. The highest BCUT2D eigenvalue weighted by Crippen LogP contribution is 2.27. The first-order valence-electron chi connectivity index (χ1n) is 6.43. The summed E-state index contributed by atoms with van der Waals surface area (Å²) in [5.41, 5.74) is 3.23. The first kappa shape index (κ1) is 13.1. The minimum absolute atomic E-state index is 0.334. The number of imidazole rings is 1. The molecule has 0 bridgehead atoms. The van der Waals surface area contributed by atoms with Crippen molar-refractivity contribution in [2.75, 3.05) is 0 Å². The second-order valence-electron chi connectivity index (χ2n) is 4.69. The van der Waals surface area contributed by atoms with Crippen molar-refractivity contribution in [1.29, 1.82) is 0 Å². The average molecular weight is 359 g/mol. The molecule has 0 spiro atoms. The predicted octanol–water partition coefficient (Wildman–Crippen LogP) is 4.18. The third-order valence-corrected chi connectivity index (χ3v) is 3.88. The van der Waals surface area contributed by atoms with E-state index in [0.29, 0.717) is 21.8 Å². The minimum atomic E-state index is -0.340. The van der Waals surface area contributed by atoms with E-state index >= 15 is 0 Å². The topological polar surface area (TPSA) is 67.6 Å². The molecule has 2 heterocycles. The third kappa shape index (κ3) is 2.19. The van der Waals surface area contributed by atoms with Crippen molar-refractivity contribution in [1.82, 2.24) is 20.1 Å². The summed E-state index contributed by atoms with van der Waals surface area (Å²) >= 11 is 3.14. The first-order chi connectivity index (χ1) is 10.7. The second-order valence-corrected chi connectivity index (χ2v) is 5.54. The molecule has 0 amide bonds. The predicted molar refractivity (Wildman–Crippen MR) is 82.5 cm³/mol. The number of halogens is 2. The number of H-pyrrole nitrogens is 1. The van der Waals surface area contributed by atoms with E-state index in [9.17, 15) is 4.39 Å². The highest BCUT2D eigenvalue weighted by molar-refractivity contribution is 9.10. The minimum Gasteiger partial charge on any atom is -0.345 e. The van der Waals surface area contributed by atoms with Gasteiger partial charge in [-0.1, -0.05) is 5.16 Å². The van der Waals surface area contributed by atoms with E-state index < -0.39 is 0 Å². The molecule has 0 aliphatic rings. The number of hydrogen-bond acceptors (Lipinski definition) is 4. The van der Waals surface area contributed by atoms with Gasteiger partial charge >= 0.3 is 0 Å². The number of benzene rings is 2. The van der Waals surface area contributed by atoms with Gasteiger partial charge in [-0.3, -0.25) is 0 Å². The van der Waals surface area contributed by atoms with Crippen LogP contribution in [0.3, 0.4) is 0 Å². The molecule has 0 fully saturated rings. The van der Waals surface area contributed by atoms with Crippen LogP contribution < -0.4 is 0 Å². The Morgan fingerprint density at radius 3 is 2.82 bits per heavy atom. The van der Waals surface area contributed by atoms with Gasteiger partial charge < -0.3 is 9.51 Å². The van der Waals surface area contributed by atoms with Crippen molar-refractivity contribution >= 4 is 27.0 Å². The Hall–Kier alpha value is -2.54. The van der Waals surface area contributed by atoms with Gasteiger partial charge in [0.2, 0.25) is 5.82 Å². The van der Waals surface area contributed by atoms with Crippen molar-refractivity contribution < 1.29 is 8.91 Å². The summed E-state index contributed by atoms with van der Waals surface area (Å²) < 4.78 is 18.9. The number of aromatic nitrogens is 4. The molecule has 0 aliphatic carbocycles. The van der Waals surface area contributed by atoms with Gasteiger partial charge in [0.25, 0.3) is 5.89 Å². The Kier molecular flexibility index (Phi) is 3.00. The molecule has 0 aliphatic heterocycles. The summed E-state index contributed by atoms with van der Waals surface area (Å²) in [5.74, 6) is 0.459. The molecule has 108 valence electrons. The van der Waals surface area contributed by atoms with E-state index in [1.165, 1.54) is 6.07 Å². The van der Waals surface area contributed by atoms with Crippen LogP contribution in [-0.4, -0.2) is 20.1 Å². The Bertz CT molecular complexity index is 979. The smallest absolute Gasteiger partial charge is 0.258 e. The summed E-state index contributed by atoms with van der Waals surface area (Å²) in [4.78, 5) is 11.6. The molecule has 0 unspecified atom stereocenters. The molecular formula is C15H8BrFN4O. The highest BCUT2D eigenvalue weighted by atomic mass is 79.9. The van der Waals surface area contributed by atoms with Crippen LogP contribution in [-0.2, 0) is 0 Å². The van der Waals surface area contributed by atoms with Crippen LogP contribution in [0.4, 0.5) is 4.39 Å². The van der Waals surface area contributed by atoms with Gasteiger partial charge in [0.05, 0.1) is 21.8 Å². The van der Waals surface area contributed by atoms with Gasteiger partial charge in [0.15, 0.2) is 0 Å². The van der Waals surface area contributed by atoms with Crippen LogP contribution in [0.15, 0.2) is 51.7 Å². The lowest BCUT2D eigenvalue weighted by molar-refractivity contribution is 0.432. The highest BCUT2D eigenvalue weighted by Gasteiger charge is 2.12. The molecule has 0 radical (unpaired) electrons. The molecule has 1 N–H and O–H groups in total. The number of nitrogens with one attached hydrogen (secondary N) is 1. The summed E-state index contributed by atoms with van der Waals surface area (Å²) in [6.45, 7) is 0. The fourth-order valence-electron chi connectivity index (χ4n) is 2.16. The number of aromatic amines is 1. The zero-order valence-corrected chi connectivity index (χ0v) is 12.6. The molecule has 4 rings (SSSR count). The van der Waals surface area contributed by atoms with E-state index in [1.54, 1.807) is 18.5 Å². The van der Waals surface area contributed by atoms with E-state index in [0.717, 1.165) is 16.6 Å². The van der Waals surface area contributed by atoms with Crippen LogP contribution in [0.25, 0.3) is 33.9 Å². The zero-order chi connectivity index (χ0) is 15.1. The van der Waals surface area contributed by atoms with E-state index in [1.807, 2.05) is 18.2 Å². The van der Waals surface area contributed by atoms with Crippen molar-refractivity contribution in [3.05, 3.63) is 53.0 Å². The van der Waals surface area contributed by atoms with Gasteiger partial charge in [-0.05, 0) is 52.3 Å². The average Bonchev–Trinajstić information content (AvgIpc) is 3.17. The van der Waals surface area contributed by atoms with Crippen LogP contribution in [0.2, 0.25) is 0 Å². The number of fused-ring (bicyclic) bond motifs is 1. The molecular weight excluding hydrogens is 351 g/mol. The van der Waals surface area contributed by atoms with E-state index in [2.05, 4.69) is 36.0 Å². The molecule has 0 saturated carbocycles. The molecule has 5 nitrogen and oxygen atoms in total. The van der Waals surface area contributed by atoms with Crippen LogP contribution in [0.5, 0.6) is 0 Å². The Morgan fingerprint density at radius 1 is 1.09 bits per heavy atom. The summed E-state index contributed by atoms with van der Waals surface area (Å²) in [7, 11) is 0. The second kappa shape index (κ2) is 5.03. The summed E-state index contributed by atoms with van der Waals surface area (Å²) in [6, 6.07) is 10.2. The maximum atomic E-state index is 13.3. The molecule has 0 atom stereocenters. The largest absolute Gasteiger partial charge is 0.345 e. The first-order valence-corrected chi connectivity index (χ1v) is 7.23. The van der Waals surface area contributed by atoms with Crippen LogP contribution in [0.1, 0.15) is 0 Å². The van der Waals surface area contributed by atoms with Gasteiger partial charge in [0, 0.05) is 11.1 Å². The quantitative estimate of drug-likeness (QED) is 0.583. The zero-order valence-electron chi connectivity index (χ0n) is 11.0. The lowest BCUT2D eigenvalue weighted by Crippen LogP contribution is -1.83. The van der Waals surface area contributed by atoms with Crippen LogP contribution >= 0.6 is 15.9 Å². The molecule has 4 aromatic rings. The van der Waals surface area contributed by atoms with Gasteiger partial charge in [-0.2, -0.15) is 4.98 Å². The fraction of sp³-hybridized carbons (Fsp3) is 0. The summed E-state index contributed by atoms with van der Waals surface area (Å²) in [6.07, 6.45) is 1.63. The lowest BCUT2D eigenvalue weighted by Gasteiger charge is -1.97. The molecule has 2 aromatic heterocycles. The SMILES string of the molecule is Fc1ccc(-c2nc(-c3ccc4nc[nH]c4c3)no2)cc1Br. The maximum absolute atomic E-state index is 13.3. The molecule has 22 heavy (non-hydrogen) atoms. The Balaban J connectivity index is 1.75.